The van der Waals surface area contributed by atoms with Crippen LogP contribution < -0.4 is 5.32 Å². The number of likely N-dealkylation sites (N-methyl/N-ethyl adjacent to an activating group) is 1. The highest BCUT2D eigenvalue weighted by Gasteiger charge is 2.19. The highest BCUT2D eigenvalue weighted by molar-refractivity contribution is 9.10. The molecule has 2 rings (SSSR count). The number of carbonyl (C=O) groups is 2. The van der Waals surface area contributed by atoms with E-state index in [1.54, 1.807) is 29.2 Å². The van der Waals surface area contributed by atoms with Crippen LogP contribution in [0.2, 0.25) is 0 Å². The standard InChI is InChI=1S/C20H21BrN2O2/c1-3-23(4-2)20(25)18(14-15-10-6-5-7-11-15)22-19(24)16-12-8-9-13-17(16)21/h5-14H,3-4H2,1-2H3,(H,22,24)/b18-14+. The minimum Gasteiger partial charge on any atom is -0.338 e. The molecule has 2 aromatic rings. The Labute approximate surface area is 156 Å². The van der Waals surface area contributed by atoms with Crippen LogP contribution in [0.5, 0.6) is 0 Å². The highest BCUT2D eigenvalue weighted by atomic mass is 79.9. The van der Waals surface area contributed by atoms with Gasteiger partial charge in [-0.2, -0.15) is 0 Å². The average Bonchev–Trinajstić information content (AvgIpc) is 2.63. The molecule has 0 radical (unpaired) electrons. The molecule has 4 nitrogen and oxygen atoms in total. The van der Waals surface area contributed by atoms with Gasteiger partial charge in [0.05, 0.1) is 5.56 Å². The summed E-state index contributed by atoms with van der Waals surface area (Å²) in [6.45, 7) is 4.98. The maximum Gasteiger partial charge on any atom is 0.270 e. The lowest BCUT2D eigenvalue weighted by Gasteiger charge is -2.21. The van der Waals surface area contributed by atoms with E-state index in [0.29, 0.717) is 23.1 Å². The largest absolute Gasteiger partial charge is 0.338 e. The summed E-state index contributed by atoms with van der Waals surface area (Å²) in [6.07, 6.45) is 1.70. The van der Waals surface area contributed by atoms with Gasteiger partial charge in [-0.1, -0.05) is 42.5 Å². The van der Waals surface area contributed by atoms with Gasteiger partial charge in [-0.05, 0) is 53.5 Å². The predicted molar refractivity (Wildman–Crippen MR) is 104 cm³/mol. The first kappa shape index (κ1) is 18.9. The first-order valence-corrected chi connectivity index (χ1v) is 8.98. The molecule has 2 aromatic carbocycles. The van der Waals surface area contributed by atoms with Crippen LogP contribution in [0.4, 0.5) is 0 Å². The van der Waals surface area contributed by atoms with Crippen molar-refractivity contribution in [1.82, 2.24) is 10.2 Å². The normalized spacial score (nSPS) is 11.1. The zero-order valence-corrected chi connectivity index (χ0v) is 15.9. The molecule has 0 atom stereocenters. The summed E-state index contributed by atoms with van der Waals surface area (Å²) in [5, 5.41) is 2.77. The highest BCUT2D eigenvalue weighted by Crippen LogP contribution is 2.17. The van der Waals surface area contributed by atoms with Crippen LogP contribution >= 0.6 is 15.9 Å². The van der Waals surface area contributed by atoms with Crippen molar-refractivity contribution in [1.29, 1.82) is 0 Å². The minimum absolute atomic E-state index is 0.200. The zero-order valence-electron chi connectivity index (χ0n) is 14.3. The van der Waals surface area contributed by atoms with Crippen molar-refractivity contribution in [3.63, 3.8) is 0 Å². The van der Waals surface area contributed by atoms with E-state index in [4.69, 9.17) is 0 Å². The van der Waals surface area contributed by atoms with Gasteiger partial charge in [-0.3, -0.25) is 9.59 Å². The molecule has 0 aliphatic rings. The number of rotatable bonds is 6. The van der Waals surface area contributed by atoms with Gasteiger partial charge in [0.2, 0.25) is 0 Å². The molecule has 130 valence electrons. The van der Waals surface area contributed by atoms with E-state index in [2.05, 4.69) is 21.2 Å². The third-order valence-electron chi connectivity index (χ3n) is 3.76. The van der Waals surface area contributed by atoms with Crippen LogP contribution in [0.25, 0.3) is 6.08 Å². The molecule has 0 fully saturated rings. The fourth-order valence-electron chi connectivity index (χ4n) is 2.38. The fraction of sp³-hybridized carbons (Fsp3) is 0.200. The quantitative estimate of drug-likeness (QED) is 0.742. The Balaban J connectivity index is 2.35. The summed E-state index contributed by atoms with van der Waals surface area (Å²) >= 11 is 3.37. The van der Waals surface area contributed by atoms with E-state index in [-0.39, 0.29) is 17.5 Å². The maximum atomic E-state index is 12.8. The molecule has 25 heavy (non-hydrogen) atoms. The number of nitrogens with zero attached hydrogens (tertiary/aromatic N) is 1. The lowest BCUT2D eigenvalue weighted by molar-refractivity contribution is -0.127. The monoisotopic (exact) mass is 400 g/mol. The lowest BCUT2D eigenvalue weighted by Crippen LogP contribution is -2.38. The van der Waals surface area contributed by atoms with E-state index >= 15 is 0 Å². The molecular weight excluding hydrogens is 380 g/mol. The molecule has 0 bridgehead atoms. The summed E-state index contributed by atoms with van der Waals surface area (Å²) in [5.41, 5.74) is 1.59. The number of amides is 2. The van der Waals surface area contributed by atoms with Crippen molar-refractivity contribution in [2.75, 3.05) is 13.1 Å². The van der Waals surface area contributed by atoms with E-state index in [0.717, 1.165) is 5.56 Å². The summed E-state index contributed by atoms with van der Waals surface area (Å²) in [7, 11) is 0. The van der Waals surface area contributed by atoms with Gasteiger partial charge in [-0.15, -0.1) is 0 Å². The third-order valence-corrected chi connectivity index (χ3v) is 4.45. The third kappa shape index (κ3) is 5.03. The molecular formula is C20H21BrN2O2. The van der Waals surface area contributed by atoms with E-state index < -0.39 is 0 Å². The van der Waals surface area contributed by atoms with E-state index in [1.807, 2.05) is 50.2 Å². The summed E-state index contributed by atoms with van der Waals surface area (Å²) in [5.74, 6) is -0.524. The Morgan fingerprint density at radius 2 is 1.60 bits per heavy atom. The molecule has 0 aliphatic heterocycles. The van der Waals surface area contributed by atoms with Crippen LogP contribution in [0.1, 0.15) is 29.8 Å². The Morgan fingerprint density at radius 3 is 2.20 bits per heavy atom. The van der Waals surface area contributed by atoms with Crippen molar-refractivity contribution >= 4 is 33.8 Å². The number of nitrogens with one attached hydrogen (secondary N) is 1. The first-order valence-electron chi connectivity index (χ1n) is 8.18. The molecule has 5 heteroatoms. The first-order chi connectivity index (χ1) is 12.1. The van der Waals surface area contributed by atoms with E-state index in [1.165, 1.54) is 0 Å². The Bertz CT molecular complexity index is 768. The molecule has 0 aliphatic carbocycles. The van der Waals surface area contributed by atoms with Gasteiger partial charge >= 0.3 is 0 Å². The molecule has 0 heterocycles. The van der Waals surface area contributed by atoms with Gasteiger partial charge in [-0.25, -0.2) is 0 Å². The van der Waals surface area contributed by atoms with Crippen LogP contribution in [0.3, 0.4) is 0 Å². The SMILES string of the molecule is CCN(CC)C(=O)/C(=C\c1ccccc1)NC(=O)c1ccccc1Br. The van der Waals surface area contributed by atoms with Crippen LogP contribution in [-0.2, 0) is 4.79 Å². The number of hydrogen-bond donors (Lipinski definition) is 1. The van der Waals surface area contributed by atoms with Gasteiger partial charge in [0, 0.05) is 17.6 Å². The van der Waals surface area contributed by atoms with Crippen molar-refractivity contribution in [3.8, 4) is 0 Å². The molecule has 0 aromatic heterocycles. The number of hydrogen-bond acceptors (Lipinski definition) is 2. The summed E-state index contributed by atoms with van der Waals surface area (Å²) in [4.78, 5) is 27.1. The lowest BCUT2D eigenvalue weighted by atomic mass is 10.1. The molecule has 2 amide bonds. The Kier molecular flexibility index (Phi) is 6.95. The van der Waals surface area contributed by atoms with Crippen LogP contribution in [0, 0.1) is 0 Å². The van der Waals surface area contributed by atoms with Gasteiger partial charge in [0.25, 0.3) is 11.8 Å². The smallest absolute Gasteiger partial charge is 0.270 e. The topological polar surface area (TPSA) is 49.4 Å². The van der Waals surface area contributed by atoms with E-state index in [9.17, 15) is 9.59 Å². The number of halogens is 1. The predicted octanol–water partition coefficient (Wildman–Crippen LogP) is 4.09. The second kappa shape index (κ2) is 9.18. The van der Waals surface area contributed by atoms with Crippen molar-refractivity contribution in [2.24, 2.45) is 0 Å². The summed E-state index contributed by atoms with van der Waals surface area (Å²) < 4.78 is 0.682. The second-order valence-corrected chi connectivity index (χ2v) is 6.23. The number of benzene rings is 2. The fourth-order valence-corrected chi connectivity index (χ4v) is 2.85. The average molecular weight is 401 g/mol. The van der Waals surface area contributed by atoms with Gasteiger partial charge < -0.3 is 10.2 Å². The van der Waals surface area contributed by atoms with Crippen LogP contribution in [-0.4, -0.2) is 29.8 Å². The molecule has 0 saturated carbocycles. The Morgan fingerprint density at radius 1 is 1.00 bits per heavy atom. The van der Waals surface area contributed by atoms with Crippen molar-refractivity contribution in [3.05, 3.63) is 75.9 Å². The van der Waals surface area contributed by atoms with Gasteiger partial charge in [0.15, 0.2) is 0 Å². The van der Waals surface area contributed by atoms with Crippen molar-refractivity contribution in [2.45, 2.75) is 13.8 Å². The zero-order chi connectivity index (χ0) is 18.2. The Hall–Kier alpha value is -2.40. The molecule has 0 unspecified atom stereocenters. The molecule has 0 saturated heterocycles. The summed E-state index contributed by atoms with van der Waals surface area (Å²) in [6, 6.07) is 16.6. The maximum absolute atomic E-state index is 12.8. The van der Waals surface area contributed by atoms with Crippen LogP contribution in [0.15, 0.2) is 64.8 Å². The number of carbonyl (C=O) groups excluding carboxylic acids is 2. The molecule has 1 N–H and O–H groups in total. The van der Waals surface area contributed by atoms with Crippen molar-refractivity contribution < 1.29 is 9.59 Å². The van der Waals surface area contributed by atoms with Gasteiger partial charge in [0.1, 0.15) is 5.70 Å². The minimum atomic E-state index is -0.324. The second-order valence-electron chi connectivity index (χ2n) is 5.38. The molecule has 0 spiro atoms.